The number of aromatic nitrogens is 2. The van der Waals surface area contributed by atoms with Crippen molar-refractivity contribution in [1.29, 1.82) is 0 Å². The summed E-state index contributed by atoms with van der Waals surface area (Å²) >= 11 is 0. The summed E-state index contributed by atoms with van der Waals surface area (Å²) in [5, 5.41) is 6.61. The topological polar surface area (TPSA) is 105 Å². The summed E-state index contributed by atoms with van der Waals surface area (Å²) in [5.41, 5.74) is 1.12. The molecule has 0 unspecified atom stereocenters. The van der Waals surface area contributed by atoms with Gasteiger partial charge in [-0.05, 0) is 75.2 Å². The van der Waals surface area contributed by atoms with Crippen molar-refractivity contribution in [3.05, 3.63) is 60.2 Å². The Kier molecular flexibility index (Phi) is 7.08. The van der Waals surface area contributed by atoms with Gasteiger partial charge in [0.25, 0.3) is 0 Å². The van der Waals surface area contributed by atoms with Gasteiger partial charge >= 0.3 is 0 Å². The molecule has 1 fully saturated rings. The maximum Gasteiger partial charge on any atom is 0.243 e. The van der Waals surface area contributed by atoms with E-state index in [0.717, 1.165) is 19.3 Å². The molecule has 0 radical (unpaired) electrons. The molecule has 1 amide bonds. The largest absolute Gasteiger partial charge is 0.339 e. The first-order valence-corrected chi connectivity index (χ1v) is 12.7. The van der Waals surface area contributed by atoms with Crippen LogP contribution in [0.1, 0.15) is 45.4 Å². The molecule has 10 heteroatoms. The van der Waals surface area contributed by atoms with Crippen LogP contribution in [-0.2, 0) is 21.2 Å². The van der Waals surface area contributed by atoms with E-state index in [9.17, 15) is 17.6 Å². The van der Waals surface area contributed by atoms with Gasteiger partial charge < -0.3 is 9.84 Å². The third-order valence-corrected chi connectivity index (χ3v) is 8.11. The molecule has 1 aromatic heterocycles. The third kappa shape index (κ3) is 5.34. The molecule has 2 aromatic carbocycles. The Labute approximate surface area is 198 Å². The van der Waals surface area contributed by atoms with Crippen LogP contribution < -0.4 is 5.32 Å². The van der Waals surface area contributed by atoms with E-state index >= 15 is 0 Å². The number of carbonyl (C=O) groups is 1. The van der Waals surface area contributed by atoms with Crippen molar-refractivity contribution in [1.82, 2.24) is 14.4 Å². The van der Waals surface area contributed by atoms with Gasteiger partial charge in [0.05, 0.1) is 4.90 Å². The van der Waals surface area contributed by atoms with Crippen molar-refractivity contribution in [2.45, 2.75) is 62.9 Å². The lowest BCUT2D eigenvalue weighted by molar-refractivity contribution is -0.116. The van der Waals surface area contributed by atoms with Crippen LogP contribution in [0.5, 0.6) is 0 Å². The highest BCUT2D eigenvalue weighted by molar-refractivity contribution is 7.89. The maximum atomic E-state index is 13.1. The first-order valence-electron chi connectivity index (χ1n) is 11.3. The first-order chi connectivity index (χ1) is 16.2. The van der Waals surface area contributed by atoms with Gasteiger partial charge in [-0.25, -0.2) is 12.8 Å². The zero-order chi connectivity index (χ0) is 24.3. The fourth-order valence-corrected chi connectivity index (χ4v) is 6.10. The zero-order valence-electron chi connectivity index (χ0n) is 19.1. The number of nitrogens with zero attached hydrogens (tertiary/aromatic N) is 3. The van der Waals surface area contributed by atoms with Crippen LogP contribution in [0.3, 0.4) is 0 Å². The molecule has 0 bridgehead atoms. The smallest absolute Gasteiger partial charge is 0.243 e. The van der Waals surface area contributed by atoms with Gasteiger partial charge in [0.15, 0.2) is 0 Å². The van der Waals surface area contributed by atoms with Crippen LogP contribution in [0.25, 0.3) is 11.4 Å². The number of nitrogens with one attached hydrogen (secondary N) is 1. The van der Waals surface area contributed by atoms with Crippen LogP contribution >= 0.6 is 0 Å². The first kappa shape index (κ1) is 24.0. The molecular weight excluding hydrogens is 459 g/mol. The molecule has 1 saturated heterocycles. The molecular formula is C24H27FN4O4S. The number of benzene rings is 2. The average molecular weight is 487 g/mol. The van der Waals surface area contributed by atoms with Crippen molar-refractivity contribution in [3.63, 3.8) is 0 Å². The summed E-state index contributed by atoms with van der Waals surface area (Å²) in [4.78, 5) is 16.8. The second-order valence-electron chi connectivity index (χ2n) is 8.56. The number of carbonyl (C=O) groups excluding carboxylic acids is 1. The molecule has 3 aromatic rings. The number of aryl methyl sites for hydroxylation is 1. The van der Waals surface area contributed by atoms with Gasteiger partial charge in [-0.1, -0.05) is 11.6 Å². The number of piperidine rings is 1. The van der Waals surface area contributed by atoms with E-state index in [1.165, 1.54) is 24.3 Å². The summed E-state index contributed by atoms with van der Waals surface area (Å²) in [6.45, 7) is 3.88. The van der Waals surface area contributed by atoms with Gasteiger partial charge in [0.2, 0.25) is 27.6 Å². The molecule has 180 valence electrons. The summed E-state index contributed by atoms with van der Waals surface area (Å²) in [7, 11) is -3.60. The molecule has 1 N–H and O–H groups in total. The highest BCUT2D eigenvalue weighted by Gasteiger charge is 2.35. The molecule has 1 aliphatic heterocycles. The third-order valence-electron chi connectivity index (χ3n) is 5.96. The minimum Gasteiger partial charge on any atom is -0.339 e. The van der Waals surface area contributed by atoms with E-state index in [1.807, 2.05) is 13.8 Å². The molecule has 2 atom stereocenters. The Morgan fingerprint density at radius 3 is 2.38 bits per heavy atom. The Bertz CT molecular complexity index is 1230. The van der Waals surface area contributed by atoms with E-state index in [4.69, 9.17) is 4.52 Å². The molecule has 0 aliphatic carbocycles. The summed E-state index contributed by atoms with van der Waals surface area (Å²) in [6.07, 6.45) is 3.06. The Balaban J connectivity index is 1.34. The zero-order valence-corrected chi connectivity index (χ0v) is 19.9. The van der Waals surface area contributed by atoms with Crippen molar-refractivity contribution in [3.8, 4) is 11.4 Å². The number of sulfonamides is 1. The van der Waals surface area contributed by atoms with Crippen molar-refractivity contribution in [2.75, 3.05) is 5.32 Å². The second-order valence-corrected chi connectivity index (χ2v) is 10.4. The lowest BCUT2D eigenvalue weighted by Gasteiger charge is -2.37. The highest BCUT2D eigenvalue weighted by Crippen LogP contribution is 2.30. The van der Waals surface area contributed by atoms with E-state index in [2.05, 4.69) is 15.5 Å². The predicted octanol–water partition coefficient (Wildman–Crippen LogP) is 4.40. The fourth-order valence-electron chi connectivity index (χ4n) is 4.22. The van der Waals surface area contributed by atoms with Crippen LogP contribution in [-0.4, -0.2) is 40.9 Å². The lowest BCUT2D eigenvalue weighted by Crippen LogP contribution is -2.47. The molecule has 1 aliphatic rings. The van der Waals surface area contributed by atoms with Gasteiger partial charge in [-0.2, -0.15) is 9.29 Å². The van der Waals surface area contributed by atoms with Crippen molar-refractivity contribution < 1.29 is 22.1 Å². The van der Waals surface area contributed by atoms with E-state index in [-0.39, 0.29) is 41.5 Å². The molecule has 4 rings (SSSR count). The lowest BCUT2D eigenvalue weighted by atomic mass is 10.0. The minimum absolute atomic E-state index is 0.0404. The Morgan fingerprint density at radius 2 is 1.74 bits per heavy atom. The quantitative estimate of drug-likeness (QED) is 0.531. The molecule has 2 heterocycles. The molecule has 34 heavy (non-hydrogen) atoms. The molecule has 0 saturated carbocycles. The fraction of sp³-hybridized carbons (Fsp3) is 0.375. The van der Waals surface area contributed by atoms with Gasteiger partial charge in [-0.3, -0.25) is 4.79 Å². The normalized spacial score (nSPS) is 19.1. The maximum absolute atomic E-state index is 13.1. The number of halogens is 1. The minimum atomic E-state index is -3.60. The van der Waals surface area contributed by atoms with E-state index in [0.29, 0.717) is 23.0 Å². The summed E-state index contributed by atoms with van der Waals surface area (Å²) in [6, 6.07) is 11.8. The number of hydrogen-bond acceptors (Lipinski definition) is 6. The van der Waals surface area contributed by atoms with E-state index in [1.54, 1.807) is 28.6 Å². The Hall–Kier alpha value is -3.11. The number of anilines is 1. The Morgan fingerprint density at radius 1 is 1.09 bits per heavy atom. The van der Waals surface area contributed by atoms with Gasteiger partial charge in [0.1, 0.15) is 5.82 Å². The van der Waals surface area contributed by atoms with Crippen molar-refractivity contribution in [2.24, 2.45) is 0 Å². The number of rotatable bonds is 7. The van der Waals surface area contributed by atoms with Gasteiger partial charge in [0, 0.05) is 36.2 Å². The monoisotopic (exact) mass is 486 g/mol. The molecule has 0 spiro atoms. The number of amides is 1. The van der Waals surface area contributed by atoms with Gasteiger partial charge in [-0.15, -0.1) is 0 Å². The summed E-state index contributed by atoms with van der Waals surface area (Å²) < 4.78 is 46.1. The van der Waals surface area contributed by atoms with Crippen LogP contribution in [0.4, 0.5) is 10.1 Å². The number of hydrogen-bond donors (Lipinski definition) is 1. The predicted molar refractivity (Wildman–Crippen MR) is 125 cm³/mol. The highest BCUT2D eigenvalue weighted by atomic mass is 32.2. The standard InChI is InChI=1S/C24H27FN4O4S/c1-16-4-3-5-17(2)29(16)34(31,32)21-12-10-20(11-13-21)26-22(30)14-15-23-27-24(28-33-23)18-6-8-19(25)9-7-18/h6-13,16-17H,3-5,14-15H2,1-2H3,(H,26,30)/t16-,17-/m0/s1. The SMILES string of the molecule is C[C@H]1CCC[C@H](C)N1S(=O)(=O)c1ccc(NC(=O)CCc2nc(-c3ccc(F)cc3)no2)cc1. The van der Waals surface area contributed by atoms with Crippen LogP contribution in [0.2, 0.25) is 0 Å². The average Bonchev–Trinajstić information content (AvgIpc) is 3.27. The summed E-state index contributed by atoms with van der Waals surface area (Å²) in [5.74, 6) is -0.00830. The molecule has 8 nitrogen and oxygen atoms in total. The van der Waals surface area contributed by atoms with E-state index < -0.39 is 10.0 Å². The second kappa shape index (κ2) is 10.0. The van der Waals surface area contributed by atoms with Crippen molar-refractivity contribution >= 4 is 21.6 Å². The van der Waals surface area contributed by atoms with Crippen LogP contribution in [0.15, 0.2) is 57.9 Å². The van der Waals surface area contributed by atoms with Crippen LogP contribution in [0, 0.1) is 5.82 Å².